The zero-order chi connectivity index (χ0) is 22.7. The summed E-state index contributed by atoms with van der Waals surface area (Å²) in [6.07, 6.45) is 3.12. The Bertz CT molecular complexity index is 1040. The molecule has 0 saturated carbocycles. The number of benzene rings is 1. The summed E-state index contributed by atoms with van der Waals surface area (Å²) in [5.41, 5.74) is 0.651. The first-order chi connectivity index (χ1) is 15.5. The summed E-state index contributed by atoms with van der Waals surface area (Å²) < 4.78 is 24.5. The number of hydrogen-bond donors (Lipinski definition) is 1. The van der Waals surface area contributed by atoms with E-state index in [0.29, 0.717) is 31.9 Å². The van der Waals surface area contributed by atoms with E-state index in [1.165, 1.54) is 24.1 Å². The predicted octanol–water partition coefficient (Wildman–Crippen LogP) is 1.98. The summed E-state index contributed by atoms with van der Waals surface area (Å²) in [5.74, 6) is -2.60. The topological polar surface area (TPSA) is 92.2 Å². The largest absolute Gasteiger partial charge is 0.507 e. The molecule has 1 N–H and O–H groups in total. The number of aliphatic hydroxyl groups is 1. The molecule has 0 unspecified atom stereocenters. The maximum atomic E-state index is 14.3. The Balaban J connectivity index is 1.72. The lowest BCUT2D eigenvalue weighted by atomic mass is 9.96. The van der Waals surface area contributed by atoms with Crippen molar-refractivity contribution in [1.29, 1.82) is 0 Å². The second-order valence-electron chi connectivity index (χ2n) is 7.58. The number of carbonyl (C=O) groups excluding carboxylic acids is 2. The molecule has 32 heavy (non-hydrogen) atoms. The zero-order valence-corrected chi connectivity index (χ0v) is 17.7. The highest BCUT2D eigenvalue weighted by Crippen LogP contribution is 2.39. The van der Waals surface area contributed by atoms with Crippen LogP contribution in [0, 0.1) is 5.82 Å². The Labute approximate surface area is 184 Å². The Morgan fingerprint density at radius 1 is 1.19 bits per heavy atom. The highest BCUT2D eigenvalue weighted by atomic mass is 19.1. The second-order valence-corrected chi connectivity index (χ2v) is 7.58. The Morgan fingerprint density at radius 3 is 2.56 bits per heavy atom. The van der Waals surface area contributed by atoms with Crippen LogP contribution < -0.4 is 4.74 Å². The molecule has 2 aromatic rings. The lowest BCUT2D eigenvalue weighted by Gasteiger charge is -2.31. The molecule has 2 fully saturated rings. The van der Waals surface area contributed by atoms with Crippen molar-refractivity contribution in [3.05, 3.63) is 65.2 Å². The molecule has 3 heterocycles. The summed E-state index contributed by atoms with van der Waals surface area (Å²) in [6.45, 7) is 3.59. The molecular formula is C23H24FN3O5. The van der Waals surface area contributed by atoms with Gasteiger partial charge in [0.2, 0.25) is 0 Å². The molecule has 9 heteroatoms. The first-order valence-electron chi connectivity index (χ1n) is 10.3. The maximum Gasteiger partial charge on any atom is 0.295 e. The molecule has 2 saturated heterocycles. The average molecular weight is 441 g/mol. The number of likely N-dealkylation sites (tertiary alicyclic amines) is 1. The minimum atomic E-state index is -0.803. The smallest absolute Gasteiger partial charge is 0.295 e. The van der Waals surface area contributed by atoms with E-state index >= 15 is 0 Å². The molecule has 0 spiro atoms. The highest BCUT2D eigenvalue weighted by Gasteiger charge is 2.46. The van der Waals surface area contributed by atoms with Crippen molar-refractivity contribution in [1.82, 2.24) is 14.8 Å². The fraction of sp³-hybridized carbons (Fsp3) is 0.348. The predicted molar refractivity (Wildman–Crippen MR) is 113 cm³/mol. The third kappa shape index (κ3) is 4.21. The van der Waals surface area contributed by atoms with Gasteiger partial charge in [0, 0.05) is 44.1 Å². The van der Waals surface area contributed by atoms with Crippen molar-refractivity contribution in [2.24, 2.45) is 0 Å². The fourth-order valence-electron chi connectivity index (χ4n) is 4.05. The van der Waals surface area contributed by atoms with Crippen molar-refractivity contribution >= 4 is 17.4 Å². The third-order valence-corrected chi connectivity index (χ3v) is 5.75. The van der Waals surface area contributed by atoms with E-state index in [1.54, 1.807) is 24.5 Å². The zero-order valence-electron chi connectivity index (χ0n) is 17.7. The summed E-state index contributed by atoms with van der Waals surface area (Å²) >= 11 is 0. The number of hydrogen-bond acceptors (Lipinski definition) is 7. The molecule has 1 amide bonds. The number of rotatable bonds is 6. The van der Waals surface area contributed by atoms with Crippen LogP contribution in [0.2, 0.25) is 0 Å². The van der Waals surface area contributed by atoms with Crippen molar-refractivity contribution < 1.29 is 28.6 Å². The molecule has 168 valence electrons. The number of methoxy groups -OCH3 is 1. The standard InChI is InChI=1S/C23H24FN3O5/c1-31-18-3-2-16(14-17(18)24)21(28)19-20(15-4-6-25-7-5-15)27(23(30)22(19)29)9-8-26-10-12-32-13-11-26/h2-7,14,20,28H,8-13H2,1H3/t20-/m0/s1. The lowest BCUT2D eigenvalue weighted by Crippen LogP contribution is -2.42. The molecule has 8 nitrogen and oxygen atoms in total. The van der Waals surface area contributed by atoms with Gasteiger partial charge in [-0.2, -0.15) is 0 Å². The van der Waals surface area contributed by atoms with Gasteiger partial charge in [-0.05, 0) is 35.9 Å². The quantitative estimate of drug-likeness (QED) is 0.416. The van der Waals surface area contributed by atoms with Gasteiger partial charge in [0.1, 0.15) is 5.76 Å². The summed E-state index contributed by atoms with van der Waals surface area (Å²) in [6, 6.07) is 6.48. The van der Waals surface area contributed by atoms with Crippen molar-refractivity contribution in [2.45, 2.75) is 6.04 Å². The van der Waals surface area contributed by atoms with Crippen LogP contribution in [0.3, 0.4) is 0 Å². The second kappa shape index (κ2) is 9.46. The monoisotopic (exact) mass is 441 g/mol. The van der Waals surface area contributed by atoms with Crippen molar-refractivity contribution in [3.8, 4) is 5.75 Å². The van der Waals surface area contributed by atoms with Crippen LogP contribution in [-0.4, -0.2) is 78.1 Å². The minimum absolute atomic E-state index is 0.0122. The van der Waals surface area contributed by atoms with Crippen LogP contribution in [0.1, 0.15) is 17.2 Å². The lowest BCUT2D eigenvalue weighted by molar-refractivity contribution is -0.140. The molecule has 1 atom stereocenters. The Kier molecular flexibility index (Phi) is 6.48. The third-order valence-electron chi connectivity index (χ3n) is 5.75. The van der Waals surface area contributed by atoms with Gasteiger partial charge in [0.05, 0.1) is 31.9 Å². The number of aliphatic hydroxyl groups excluding tert-OH is 1. The summed E-state index contributed by atoms with van der Waals surface area (Å²) in [5, 5.41) is 11.0. The summed E-state index contributed by atoms with van der Waals surface area (Å²) in [4.78, 5) is 33.6. The fourth-order valence-corrected chi connectivity index (χ4v) is 4.05. The molecular weight excluding hydrogens is 417 g/mol. The molecule has 4 rings (SSSR count). The molecule has 0 radical (unpaired) electrons. The van der Waals surface area contributed by atoms with E-state index in [2.05, 4.69) is 9.88 Å². The number of ether oxygens (including phenoxy) is 2. The van der Waals surface area contributed by atoms with E-state index in [-0.39, 0.29) is 16.9 Å². The molecule has 2 aliphatic heterocycles. The number of amides is 1. The van der Waals surface area contributed by atoms with Crippen LogP contribution >= 0.6 is 0 Å². The van der Waals surface area contributed by atoms with Crippen molar-refractivity contribution in [2.75, 3.05) is 46.5 Å². The number of nitrogens with zero attached hydrogens (tertiary/aromatic N) is 3. The molecule has 2 aliphatic rings. The van der Waals surface area contributed by atoms with Gasteiger partial charge in [-0.3, -0.25) is 19.5 Å². The number of morpholine rings is 1. The van der Waals surface area contributed by atoms with Crippen LogP contribution in [-0.2, 0) is 14.3 Å². The van der Waals surface area contributed by atoms with E-state index in [9.17, 15) is 19.1 Å². The highest BCUT2D eigenvalue weighted by molar-refractivity contribution is 6.46. The normalized spacial score (nSPS) is 21.2. The van der Waals surface area contributed by atoms with Gasteiger partial charge in [-0.25, -0.2) is 4.39 Å². The van der Waals surface area contributed by atoms with Gasteiger partial charge in [-0.15, -0.1) is 0 Å². The summed E-state index contributed by atoms with van der Waals surface area (Å²) in [7, 11) is 1.33. The van der Waals surface area contributed by atoms with Crippen LogP contribution in [0.4, 0.5) is 4.39 Å². The number of ketones is 1. The molecule has 0 aliphatic carbocycles. The van der Waals surface area contributed by atoms with E-state index in [0.717, 1.165) is 19.2 Å². The number of pyridine rings is 1. The van der Waals surface area contributed by atoms with Gasteiger partial charge >= 0.3 is 0 Å². The first kappa shape index (κ1) is 21.9. The van der Waals surface area contributed by atoms with Gasteiger partial charge < -0.3 is 19.5 Å². The SMILES string of the molecule is COc1ccc(C(O)=C2C(=O)C(=O)N(CCN3CCOCC3)[C@H]2c2ccncc2)cc1F. The van der Waals surface area contributed by atoms with Crippen LogP contribution in [0.5, 0.6) is 5.75 Å². The van der Waals surface area contributed by atoms with Crippen LogP contribution in [0.15, 0.2) is 48.3 Å². The molecule has 1 aromatic carbocycles. The Hall–Kier alpha value is -3.30. The Morgan fingerprint density at radius 2 is 1.91 bits per heavy atom. The minimum Gasteiger partial charge on any atom is -0.507 e. The number of aromatic nitrogens is 1. The van der Waals surface area contributed by atoms with Gasteiger partial charge in [-0.1, -0.05) is 0 Å². The number of Topliss-reactive ketones (excluding diaryl/α,β-unsaturated/α-hetero) is 1. The molecule has 1 aromatic heterocycles. The molecule has 0 bridgehead atoms. The first-order valence-corrected chi connectivity index (χ1v) is 10.3. The number of carbonyl (C=O) groups is 2. The van der Waals surface area contributed by atoms with E-state index in [1.807, 2.05) is 0 Å². The average Bonchev–Trinajstić information content (AvgIpc) is 3.08. The van der Waals surface area contributed by atoms with E-state index in [4.69, 9.17) is 9.47 Å². The van der Waals surface area contributed by atoms with Crippen LogP contribution in [0.25, 0.3) is 5.76 Å². The van der Waals surface area contributed by atoms with Gasteiger partial charge in [0.15, 0.2) is 11.6 Å². The number of halogens is 1. The van der Waals surface area contributed by atoms with E-state index < -0.39 is 29.3 Å². The van der Waals surface area contributed by atoms with Gasteiger partial charge in [0.25, 0.3) is 11.7 Å². The maximum absolute atomic E-state index is 14.3. The van der Waals surface area contributed by atoms with Crippen molar-refractivity contribution in [3.63, 3.8) is 0 Å².